The molecule has 0 bridgehead atoms. The smallest absolute Gasteiger partial charge is 0.0823 e. The van der Waals surface area contributed by atoms with Crippen molar-refractivity contribution in [1.82, 2.24) is 0 Å². The van der Waals surface area contributed by atoms with Crippen LogP contribution in [0.5, 0.6) is 0 Å². The second-order valence-corrected chi connectivity index (χ2v) is 7.59. The van der Waals surface area contributed by atoms with Crippen LogP contribution in [0.25, 0.3) is 0 Å². The fourth-order valence-corrected chi connectivity index (χ4v) is 4.19. The van der Waals surface area contributed by atoms with Gasteiger partial charge in [-0.1, -0.05) is 43.0 Å². The van der Waals surface area contributed by atoms with Gasteiger partial charge in [0.2, 0.25) is 0 Å². The first-order valence-corrected chi connectivity index (χ1v) is 8.43. The molecule has 1 aliphatic rings. The Morgan fingerprint density at radius 3 is 1.96 bits per heavy atom. The van der Waals surface area contributed by atoms with Crippen molar-refractivity contribution in [3.05, 3.63) is 53.7 Å². The Kier molecular flexibility index (Phi) is 5.63. The number of fused-ring (bicyclic) bond motifs is 2. The van der Waals surface area contributed by atoms with Crippen LogP contribution in [0.15, 0.2) is 58.3 Å². The fourth-order valence-electron chi connectivity index (χ4n) is 3.10. The summed E-state index contributed by atoms with van der Waals surface area (Å²) in [5.41, 5.74) is 2.49. The lowest BCUT2D eigenvalue weighted by molar-refractivity contribution is -0.843. The third-order valence-corrected chi connectivity index (χ3v) is 4.91. The van der Waals surface area contributed by atoms with Crippen LogP contribution >= 0.6 is 24.2 Å². The summed E-state index contributed by atoms with van der Waals surface area (Å²) in [5, 5.41) is 12.0. The highest BCUT2D eigenvalue weighted by atomic mass is 35.5. The zero-order chi connectivity index (χ0) is 15.7. The van der Waals surface area contributed by atoms with Crippen LogP contribution in [-0.2, 0) is 0 Å². The minimum absolute atomic E-state index is 0. The summed E-state index contributed by atoms with van der Waals surface area (Å²) >= 11 is 1.82. The molecule has 0 fully saturated rings. The van der Waals surface area contributed by atoms with E-state index in [4.69, 9.17) is 0 Å². The van der Waals surface area contributed by atoms with Crippen molar-refractivity contribution in [3.8, 4) is 0 Å². The van der Waals surface area contributed by atoms with Gasteiger partial charge in [0, 0.05) is 22.3 Å². The van der Waals surface area contributed by atoms with E-state index in [1.807, 2.05) is 11.8 Å². The molecule has 0 radical (unpaired) electrons. The number of para-hydroxylation sites is 2. The van der Waals surface area contributed by atoms with Gasteiger partial charge in [0.25, 0.3) is 0 Å². The summed E-state index contributed by atoms with van der Waals surface area (Å²) in [6, 6.07) is 17.0. The molecule has 0 aromatic heterocycles. The van der Waals surface area contributed by atoms with Crippen molar-refractivity contribution in [3.63, 3.8) is 0 Å². The monoisotopic (exact) mass is 350 g/mol. The molecule has 3 rings (SSSR count). The molecule has 1 atom stereocenters. The first-order chi connectivity index (χ1) is 10.4. The lowest BCUT2D eigenvalue weighted by Crippen LogP contribution is -2.40. The number of hydrogen-bond acceptors (Lipinski definition) is 3. The molecule has 3 nitrogen and oxygen atoms in total. The Morgan fingerprint density at radius 2 is 1.48 bits per heavy atom. The molecule has 0 N–H and O–H groups in total. The van der Waals surface area contributed by atoms with Crippen molar-refractivity contribution in [1.29, 1.82) is 0 Å². The molecule has 1 aliphatic heterocycles. The average Bonchev–Trinajstić information content (AvgIpc) is 2.45. The molecule has 0 saturated heterocycles. The number of benzene rings is 2. The molecular formula is C18H23ClN2OS. The minimum Gasteiger partial charge on any atom is -0.633 e. The third-order valence-electron chi connectivity index (χ3n) is 3.78. The van der Waals surface area contributed by atoms with E-state index in [9.17, 15) is 5.21 Å². The zero-order valence-corrected chi connectivity index (χ0v) is 15.4. The molecule has 2 aromatic carbocycles. The maximum Gasteiger partial charge on any atom is 0.0823 e. The predicted octanol–water partition coefficient (Wildman–Crippen LogP) is 4.92. The highest BCUT2D eigenvalue weighted by molar-refractivity contribution is 7.99. The second-order valence-electron chi connectivity index (χ2n) is 6.51. The molecule has 23 heavy (non-hydrogen) atoms. The van der Waals surface area contributed by atoms with Crippen molar-refractivity contribution >= 4 is 35.5 Å². The van der Waals surface area contributed by atoms with Crippen LogP contribution in [0.1, 0.15) is 6.92 Å². The minimum atomic E-state index is -0.243. The fraction of sp³-hybridized carbons (Fsp3) is 0.333. The topological polar surface area (TPSA) is 26.3 Å². The Morgan fingerprint density at radius 1 is 1.00 bits per heavy atom. The van der Waals surface area contributed by atoms with Gasteiger partial charge >= 0.3 is 0 Å². The zero-order valence-electron chi connectivity index (χ0n) is 13.7. The summed E-state index contributed by atoms with van der Waals surface area (Å²) in [7, 11) is 3.43. The van der Waals surface area contributed by atoms with Crippen LogP contribution in [0, 0.1) is 11.1 Å². The molecule has 1 heterocycles. The van der Waals surface area contributed by atoms with Gasteiger partial charge in [-0.3, -0.25) is 0 Å². The van der Waals surface area contributed by atoms with Crippen LogP contribution in [0.3, 0.4) is 0 Å². The van der Waals surface area contributed by atoms with E-state index in [1.54, 1.807) is 14.1 Å². The average molecular weight is 351 g/mol. The van der Waals surface area contributed by atoms with E-state index < -0.39 is 0 Å². The van der Waals surface area contributed by atoms with Crippen molar-refractivity contribution in [2.45, 2.75) is 16.7 Å². The number of hydrogen-bond donors (Lipinski definition) is 0. The summed E-state index contributed by atoms with van der Waals surface area (Å²) in [5.74, 6) is 0.316. The first kappa shape index (κ1) is 18.1. The SMILES string of the molecule is CC(CN1c2ccccc2Sc2ccccc21)C[N+](C)(C)[O-].Cl. The van der Waals surface area contributed by atoms with Crippen molar-refractivity contribution < 1.29 is 4.65 Å². The van der Waals surface area contributed by atoms with E-state index in [0.717, 1.165) is 6.54 Å². The maximum absolute atomic E-state index is 12.0. The Labute approximate surface area is 148 Å². The van der Waals surface area contributed by atoms with Gasteiger partial charge in [0.15, 0.2) is 0 Å². The molecule has 5 heteroatoms. The molecule has 124 valence electrons. The van der Waals surface area contributed by atoms with E-state index in [-0.39, 0.29) is 17.1 Å². The van der Waals surface area contributed by atoms with Crippen LogP contribution in [0.2, 0.25) is 0 Å². The number of nitrogens with zero attached hydrogens (tertiary/aromatic N) is 2. The first-order valence-electron chi connectivity index (χ1n) is 7.61. The number of anilines is 2. The van der Waals surface area contributed by atoms with Gasteiger partial charge in [0.1, 0.15) is 0 Å². The number of quaternary nitrogens is 1. The molecule has 1 unspecified atom stereocenters. The summed E-state index contributed by atoms with van der Waals surface area (Å²) in [4.78, 5) is 4.93. The Balaban J connectivity index is 0.00000192. The van der Waals surface area contributed by atoms with E-state index in [0.29, 0.717) is 12.5 Å². The summed E-state index contributed by atoms with van der Waals surface area (Å²) < 4.78 is -0.243. The predicted molar refractivity (Wildman–Crippen MR) is 101 cm³/mol. The lowest BCUT2D eigenvalue weighted by atomic mass is 10.1. The number of halogens is 1. The molecular weight excluding hydrogens is 328 g/mol. The van der Waals surface area contributed by atoms with Gasteiger partial charge in [-0.25, -0.2) is 0 Å². The van der Waals surface area contributed by atoms with Gasteiger partial charge in [0.05, 0.1) is 32.0 Å². The van der Waals surface area contributed by atoms with Crippen LogP contribution in [-0.4, -0.2) is 31.8 Å². The van der Waals surface area contributed by atoms with Crippen molar-refractivity contribution in [2.75, 3.05) is 32.1 Å². The van der Waals surface area contributed by atoms with E-state index >= 15 is 0 Å². The highest BCUT2D eigenvalue weighted by Crippen LogP contribution is 2.47. The molecule has 0 amide bonds. The molecule has 2 aromatic rings. The van der Waals surface area contributed by atoms with E-state index in [2.05, 4.69) is 60.4 Å². The lowest BCUT2D eigenvalue weighted by Gasteiger charge is -2.39. The summed E-state index contributed by atoms with van der Waals surface area (Å²) in [6.07, 6.45) is 0. The van der Waals surface area contributed by atoms with Gasteiger partial charge in [-0.05, 0) is 24.3 Å². The van der Waals surface area contributed by atoms with Gasteiger partial charge < -0.3 is 14.8 Å². The van der Waals surface area contributed by atoms with Gasteiger partial charge in [-0.15, -0.1) is 12.4 Å². The molecule has 0 spiro atoms. The van der Waals surface area contributed by atoms with Crippen LogP contribution < -0.4 is 4.90 Å². The maximum atomic E-state index is 12.0. The Hall–Kier alpha value is -1.20. The van der Waals surface area contributed by atoms with Crippen molar-refractivity contribution in [2.24, 2.45) is 5.92 Å². The highest BCUT2D eigenvalue weighted by Gasteiger charge is 2.25. The third kappa shape index (κ3) is 4.21. The number of hydroxylamine groups is 3. The molecule has 0 saturated carbocycles. The largest absolute Gasteiger partial charge is 0.633 e. The summed E-state index contributed by atoms with van der Waals surface area (Å²) in [6.45, 7) is 3.64. The molecule has 0 aliphatic carbocycles. The van der Waals surface area contributed by atoms with Gasteiger partial charge in [-0.2, -0.15) is 0 Å². The normalized spacial score (nSPS) is 14.5. The second kappa shape index (κ2) is 7.14. The Bertz CT molecular complexity index is 627. The standard InChI is InChI=1S/C18H22N2OS.ClH/c1-14(13-20(2,3)21)12-19-15-8-4-6-10-17(15)22-18-11-7-5-9-16(18)19;/h4-11,14H,12-13H2,1-3H3;1H. The number of rotatable bonds is 4. The van der Waals surface area contributed by atoms with E-state index in [1.165, 1.54) is 21.2 Å². The van der Waals surface area contributed by atoms with Crippen LogP contribution in [0.4, 0.5) is 11.4 Å². The quantitative estimate of drug-likeness (QED) is 0.578.